The predicted octanol–water partition coefficient (Wildman–Crippen LogP) is 3.12. The van der Waals surface area contributed by atoms with Crippen molar-refractivity contribution in [1.82, 2.24) is 4.90 Å². The van der Waals surface area contributed by atoms with Crippen molar-refractivity contribution < 1.29 is 9.84 Å². The molecule has 1 unspecified atom stereocenters. The Kier molecular flexibility index (Phi) is 4.61. The fourth-order valence-corrected chi connectivity index (χ4v) is 3.12. The molecule has 0 amide bonds. The highest BCUT2D eigenvalue weighted by Crippen LogP contribution is 2.29. The van der Waals surface area contributed by atoms with E-state index in [2.05, 4.69) is 23.1 Å². The fraction of sp³-hybridized carbons (Fsp3) is 0.444. The standard InChI is InChI=1S/C18H23NO2/c20-17-9-6-15(7-10-17)5-8-16-3-1-2-4-18(16)19-11-13-21-14-12-19/h1-2,4,6-7,9-10,16,20H,3,5,8,11-14H2. The Morgan fingerprint density at radius 2 is 1.90 bits per heavy atom. The van der Waals surface area contributed by atoms with Gasteiger partial charge in [-0.15, -0.1) is 0 Å². The molecule has 3 heteroatoms. The van der Waals surface area contributed by atoms with Crippen LogP contribution < -0.4 is 0 Å². The van der Waals surface area contributed by atoms with Gasteiger partial charge in [0, 0.05) is 24.7 Å². The minimum Gasteiger partial charge on any atom is -0.508 e. The molecule has 3 nitrogen and oxygen atoms in total. The lowest BCUT2D eigenvalue weighted by Gasteiger charge is -2.36. The van der Waals surface area contributed by atoms with E-state index < -0.39 is 0 Å². The molecule has 112 valence electrons. The van der Waals surface area contributed by atoms with Gasteiger partial charge in [0.05, 0.1) is 13.2 Å². The van der Waals surface area contributed by atoms with Gasteiger partial charge in [0.15, 0.2) is 0 Å². The second kappa shape index (κ2) is 6.81. The summed E-state index contributed by atoms with van der Waals surface area (Å²) in [6.07, 6.45) is 10.1. The van der Waals surface area contributed by atoms with Gasteiger partial charge in [0.25, 0.3) is 0 Å². The summed E-state index contributed by atoms with van der Waals surface area (Å²) >= 11 is 0. The number of hydrogen-bond donors (Lipinski definition) is 1. The van der Waals surface area contributed by atoms with E-state index in [1.54, 1.807) is 12.1 Å². The average Bonchev–Trinajstić information content (AvgIpc) is 2.55. The Balaban J connectivity index is 1.62. The third-order valence-corrected chi connectivity index (χ3v) is 4.34. The predicted molar refractivity (Wildman–Crippen MR) is 84.1 cm³/mol. The lowest BCUT2D eigenvalue weighted by molar-refractivity contribution is 0.0480. The third kappa shape index (κ3) is 3.67. The van der Waals surface area contributed by atoms with Crippen LogP contribution in [0.4, 0.5) is 0 Å². The van der Waals surface area contributed by atoms with E-state index in [-0.39, 0.29) is 0 Å². The summed E-state index contributed by atoms with van der Waals surface area (Å²) < 4.78 is 5.46. The van der Waals surface area contributed by atoms with Crippen LogP contribution in [0.5, 0.6) is 5.75 Å². The van der Waals surface area contributed by atoms with Crippen molar-refractivity contribution in [2.45, 2.75) is 19.3 Å². The number of morpholine rings is 1. The average molecular weight is 285 g/mol. The van der Waals surface area contributed by atoms with Crippen LogP contribution in [0.15, 0.2) is 48.2 Å². The molecule has 1 aliphatic heterocycles. The Morgan fingerprint density at radius 1 is 1.14 bits per heavy atom. The number of phenols is 1. The van der Waals surface area contributed by atoms with E-state index in [1.807, 2.05) is 12.1 Å². The number of aromatic hydroxyl groups is 1. The van der Waals surface area contributed by atoms with Gasteiger partial charge in [-0.25, -0.2) is 0 Å². The second-order valence-electron chi connectivity index (χ2n) is 5.76. The number of benzene rings is 1. The summed E-state index contributed by atoms with van der Waals surface area (Å²) in [5, 5.41) is 9.35. The first-order valence-electron chi connectivity index (χ1n) is 7.80. The van der Waals surface area contributed by atoms with Gasteiger partial charge in [0.1, 0.15) is 5.75 Å². The summed E-state index contributed by atoms with van der Waals surface area (Å²) in [4.78, 5) is 2.48. The van der Waals surface area contributed by atoms with E-state index in [9.17, 15) is 5.11 Å². The highest BCUT2D eigenvalue weighted by Gasteiger charge is 2.22. The molecule has 0 radical (unpaired) electrons. The molecule has 1 N–H and O–H groups in total. The Bertz CT molecular complexity index is 513. The van der Waals surface area contributed by atoms with Gasteiger partial charge in [-0.2, -0.15) is 0 Å². The van der Waals surface area contributed by atoms with E-state index in [0.717, 1.165) is 45.6 Å². The molecule has 0 bridgehead atoms. The van der Waals surface area contributed by atoms with Crippen LogP contribution in [-0.2, 0) is 11.2 Å². The molecule has 0 aromatic heterocycles. The number of aryl methyl sites for hydroxylation is 1. The van der Waals surface area contributed by atoms with Crippen LogP contribution in [-0.4, -0.2) is 36.3 Å². The first kappa shape index (κ1) is 14.2. The lowest BCUT2D eigenvalue weighted by atomic mass is 9.89. The van der Waals surface area contributed by atoms with Crippen molar-refractivity contribution in [1.29, 1.82) is 0 Å². The SMILES string of the molecule is Oc1ccc(CCC2CC=CC=C2N2CCOCC2)cc1. The Morgan fingerprint density at radius 3 is 2.67 bits per heavy atom. The van der Waals surface area contributed by atoms with Crippen molar-refractivity contribution in [3.8, 4) is 5.75 Å². The first-order chi connectivity index (χ1) is 10.3. The van der Waals surface area contributed by atoms with Gasteiger partial charge >= 0.3 is 0 Å². The molecule has 1 aromatic rings. The molecule has 3 rings (SSSR count). The largest absolute Gasteiger partial charge is 0.508 e. The summed E-state index contributed by atoms with van der Waals surface area (Å²) in [5.41, 5.74) is 2.77. The number of allylic oxidation sites excluding steroid dienone is 4. The molecule has 1 saturated heterocycles. The van der Waals surface area contributed by atoms with Gasteiger partial charge < -0.3 is 14.7 Å². The van der Waals surface area contributed by atoms with Crippen molar-refractivity contribution >= 4 is 0 Å². The summed E-state index contributed by atoms with van der Waals surface area (Å²) in [7, 11) is 0. The van der Waals surface area contributed by atoms with Gasteiger partial charge in [-0.05, 0) is 43.0 Å². The van der Waals surface area contributed by atoms with E-state index >= 15 is 0 Å². The molecule has 0 spiro atoms. The molecule has 1 heterocycles. The molecule has 0 saturated carbocycles. The summed E-state index contributed by atoms with van der Waals surface area (Å²) in [6.45, 7) is 3.70. The summed E-state index contributed by atoms with van der Waals surface area (Å²) in [5.74, 6) is 0.940. The van der Waals surface area contributed by atoms with Crippen LogP contribution in [0.1, 0.15) is 18.4 Å². The minimum atomic E-state index is 0.341. The van der Waals surface area contributed by atoms with E-state index in [4.69, 9.17) is 4.74 Å². The zero-order chi connectivity index (χ0) is 14.5. The number of ether oxygens (including phenoxy) is 1. The van der Waals surface area contributed by atoms with Crippen molar-refractivity contribution in [2.75, 3.05) is 26.3 Å². The fourth-order valence-electron chi connectivity index (χ4n) is 3.12. The maximum Gasteiger partial charge on any atom is 0.115 e. The molecule has 1 aromatic carbocycles. The van der Waals surface area contributed by atoms with Crippen LogP contribution in [0.25, 0.3) is 0 Å². The van der Waals surface area contributed by atoms with E-state index in [0.29, 0.717) is 11.7 Å². The van der Waals surface area contributed by atoms with Gasteiger partial charge in [-0.3, -0.25) is 0 Å². The maximum atomic E-state index is 9.35. The monoisotopic (exact) mass is 285 g/mol. The number of phenolic OH excluding ortho intramolecular Hbond substituents is 1. The zero-order valence-electron chi connectivity index (χ0n) is 12.4. The third-order valence-electron chi connectivity index (χ3n) is 4.34. The molecule has 1 fully saturated rings. The lowest BCUT2D eigenvalue weighted by Crippen LogP contribution is -2.38. The topological polar surface area (TPSA) is 32.7 Å². The van der Waals surface area contributed by atoms with Crippen LogP contribution in [0, 0.1) is 5.92 Å². The second-order valence-corrected chi connectivity index (χ2v) is 5.76. The zero-order valence-corrected chi connectivity index (χ0v) is 12.4. The van der Waals surface area contributed by atoms with Gasteiger partial charge in [-0.1, -0.05) is 24.3 Å². The van der Waals surface area contributed by atoms with Gasteiger partial charge in [0.2, 0.25) is 0 Å². The smallest absolute Gasteiger partial charge is 0.115 e. The molecule has 21 heavy (non-hydrogen) atoms. The maximum absolute atomic E-state index is 9.35. The van der Waals surface area contributed by atoms with Crippen LogP contribution in [0.2, 0.25) is 0 Å². The highest BCUT2D eigenvalue weighted by molar-refractivity contribution is 5.26. The minimum absolute atomic E-state index is 0.341. The van der Waals surface area contributed by atoms with E-state index in [1.165, 1.54) is 11.3 Å². The van der Waals surface area contributed by atoms with Crippen LogP contribution in [0.3, 0.4) is 0 Å². The highest BCUT2D eigenvalue weighted by atomic mass is 16.5. The number of hydrogen-bond acceptors (Lipinski definition) is 3. The quantitative estimate of drug-likeness (QED) is 0.922. The summed E-state index contributed by atoms with van der Waals surface area (Å²) in [6, 6.07) is 7.59. The van der Waals surface area contributed by atoms with Crippen molar-refractivity contribution in [3.63, 3.8) is 0 Å². The normalized spacial score (nSPS) is 22.2. The molecular weight excluding hydrogens is 262 g/mol. The van der Waals surface area contributed by atoms with Crippen molar-refractivity contribution in [2.24, 2.45) is 5.92 Å². The number of rotatable bonds is 4. The van der Waals surface area contributed by atoms with Crippen LogP contribution >= 0.6 is 0 Å². The molecular formula is C18H23NO2. The molecule has 1 atom stereocenters. The Labute approximate surface area is 126 Å². The first-order valence-corrected chi connectivity index (χ1v) is 7.80. The molecule has 1 aliphatic carbocycles. The number of nitrogens with zero attached hydrogens (tertiary/aromatic N) is 1. The molecule has 2 aliphatic rings. The Hall–Kier alpha value is -1.74. The van der Waals surface area contributed by atoms with Crippen molar-refractivity contribution in [3.05, 3.63) is 53.8 Å².